The highest BCUT2D eigenvalue weighted by atomic mass is 15.0. The van der Waals surface area contributed by atoms with Crippen LogP contribution in [-0.4, -0.2) is 14.5 Å². The molecule has 0 saturated carbocycles. The molecule has 0 radical (unpaired) electrons. The van der Waals surface area contributed by atoms with Crippen molar-refractivity contribution >= 4 is 32.6 Å². The van der Waals surface area contributed by atoms with E-state index >= 15 is 0 Å². The van der Waals surface area contributed by atoms with Crippen LogP contribution in [0, 0.1) is 0 Å². The van der Waals surface area contributed by atoms with Crippen LogP contribution in [0.2, 0.25) is 0 Å². The first-order valence-corrected chi connectivity index (χ1v) is 16.5. The molecule has 1 aliphatic carbocycles. The molecule has 3 heteroatoms. The number of hydrogen-bond acceptors (Lipinski definition) is 2. The van der Waals surface area contributed by atoms with E-state index in [1.54, 1.807) is 0 Å². The van der Waals surface area contributed by atoms with Crippen molar-refractivity contribution in [2.45, 2.75) is 5.41 Å². The van der Waals surface area contributed by atoms with E-state index in [1.165, 1.54) is 55.0 Å². The fraction of sp³-hybridized carbons (Fsp3) is 0.0222. The third-order valence-corrected chi connectivity index (χ3v) is 10.6. The van der Waals surface area contributed by atoms with Crippen molar-refractivity contribution in [1.82, 2.24) is 14.5 Å². The molecule has 2 aromatic heterocycles. The third kappa shape index (κ3) is 3.13. The minimum Gasteiger partial charge on any atom is -0.309 e. The van der Waals surface area contributed by atoms with E-state index in [4.69, 9.17) is 9.97 Å². The molecule has 3 heterocycles. The molecule has 48 heavy (non-hydrogen) atoms. The van der Waals surface area contributed by atoms with Crippen LogP contribution in [-0.2, 0) is 5.41 Å². The van der Waals surface area contributed by atoms with E-state index in [2.05, 4.69) is 162 Å². The molecule has 7 aromatic carbocycles. The van der Waals surface area contributed by atoms with Gasteiger partial charge in [-0.25, -0.2) is 9.97 Å². The van der Waals surface area contributed by atoms with Gasteiger partial charge in [0.05, 0.1) is 33.5 Å². The topological polar surface area (TPSA) is 30.7 Å². The number of aromatic nitrogens is 3. The molecule has 1 unspecified atom stereocenters. The predicted molar refractivity (Wildman–Crippen MR) is 196 cm³/mol. The Morgan fingerprint density at radius 2 is 1.04 bits per heavy atom. The van der Waals surface area contributed by atoms with Gasteiger partial charge in [-0.3, -0.25) is 0 Å². The third-order valence-electron chi connectivity index (χ3n) is 10.6. The molecular formula is C45H27N3. The summed E-state index contributed by atoms with van der Waals surface area (Å²) in [7, 11) is 0. The van der Waals surface area contributed by atoms with Gasteiger partial charge in [0.1, 0.15) is 0 Å². The number of fused-ring (bicyclic) bond motifs is 13. The predicted octanol–water partition coefficient (Wildman–Crippen LogP) is 10.7. The lowest BCUT2D eigenvalue weighted by Crippen LogP contribution is -2.34. The molecular weight excluding hydrogens is 583 g/mol. The van der Waals surface area contributed by atoms with Gasteiger partial charge in [-0.1, -0.05) is 152 Å². The Hall–Kier alpha value is -6.32. The molecule has 2 aliphatic rings. The van der Waals surface area contributed by atoms with E-state index in [0.717, 1.165) is 39.5 Å². The van der Waals surface area contributed by atoms with E-state index in [9.17, 15) is 0 Å². The Morgan fingerprint density at radius 3 is 1.94 bits per heavy atom. The number of hydrogen-bond donors (Lipinski definition) is 0. The smallest absolute Gasteiger partial charge is 0.160 e. The van der Waals surface area contributed by atoms with Gasteiger partial charge in [0.15, 0.2) is 5.82 Å². The molecule has 222 valence electrons. The number of benzene rings is 7. The van der Waals surface area contributed by atoms with Gasteiger partial charge in [-0.05, 0) is 39.6 Å². The summed E-state index contributed by atoms with van der Waals surface area (Å²) in [6, 6.07) is 59.2. The van der Waals surface area contributed by atoms with E-state index < -0.39 is 5.41 Å². The zero-order chi connectivity index (χ0) is 31.4. The molecule has 0 amide bonds. The Bertz CT molecular complexity index is 2790. The molecule has 0 bridgehead atoms. The Labute approximate surface area is 277 Å². The Kier molecular flexibility index (Phi) is 5.04. The molecule has 1 atom stereocenters. The summed E-state index contributed by atoms with van der Waals surface area (Å²) >= 11 is 0. The van der Waals surface area contributed by atoms with Gasteiger partial charge < -0.3 is 4.57 Å². The second-order valence-electron chi connectivity index (χ2n) is 12.9. The molecule has 3 nitrogen and oxygen atoms in total. The molecule has 1 aliphatic heterocycles. The normalized spacial score (nSPS) is 15.6. The lowest BCUT2D eigenvalue weighted by molar-refractivity contribution is 0.744. The van der Waals surface area contributed by atoms with Crippen molar-refractivity contribution in [3.8, 4) is 39.6 Å². The van der Waals surface area contributed by atoms with Crippen molar-refractivity contribution < 1.29 is 0 Å². The van der Waals surface area contributed by atoms with Crippen molar-refractivity contribution in [2.24, 2.45) is 0 Å². The van der Waals surface area contributed by atoms with Crippen LogP contribution in [0.1, 0.15) is 22.3 Å². The van der Waals surface area contributed by atoms with E-state index in [0.29, 0.717) is 0 Å². The van der Waals surface area contributed by atoms with Gasteiger partial charge in [0, 0.05) is 33.0 Å². The second kappa shape index (κ2) is 9.37. The summed E-state index contributed by atoms with van der Waals surface area (Å²) in [5.74, 6) is 0.737. The van der Waals surface area contributed by atoms with Crippen molar-refractivity contribution in [1.29, 1.82) is 0 Å². The minimum atomic E-state index is -0.645. The highest BCUT2D eigenvalue weighted by Crippen LogP contribution is 2.62. The first-order chi connectivity index (χ1) is 23.8. The molecule has 9 aromatic rings. The number of nitrogens with zero attached hydrogens (tertiary/aromatic N) is 3. The summed E-state index contributed by atoms with van der Waals surface area (Å²) < 4.78 is 2.48. The SMILES string of the molecule is c1ccc(-c2nc3c(c(-c4cccc5ccccc45)n2)C2(c4ccccc4-3)c3ccccc3-n3c4ccccc4c4cccc2c43)cc1. The van der Waals surface area contributed by atoms with Crippen molar-refractivity contribution in [3.63, 3.8) is 0 Å². The van der Waals surface area contributed by atoms with Crippen molar-refractivity contribution in [2.75, 3.05) is 0 Å². The maximum atomic E-state index is 5.59. The zero-order valence-electron chi connectivity index (χ0n) is 25.9. The maximum absolute atomic E-state index is 5.59. The second-order valence-corrected chi connectivity index (χ2v) is 12.9. The highest BCUT2D eigenvalue weighted by molar-refractivity contribution is 6.13. The van der Waals surface area contributed by atoms with Gasteiger partial charge in [-0.2, -0.15) is 0 Å². The Morgan fingerprint density at radius 1 is 0.438 bits per heavy atom. The molecule has 1 spiro atoms. The number of rotatable bonds is 2. The minimum absolute atomic E-state index is 0.645. The zero-order valence-corrected chi connectivity index (χ0v) is 25.9. The van der Waals surface area contributed by atoms with Crippen molar-refractivity contribution in [3.05, 3.63) is 186 Å². The maximum Gasteiger partial charge on any atom is 0.160 e. The van der Waals surface area contributed by atoms with Crippen LogP contribution in [0.3, 0.4) is 0 Å². The fourth-order valence-electron chi connectivity index (χ4n) is 8.77. The van der Waals surface area contributed by atoms with Gasteiger partial charge in [0.25, 0.3) is 0 Å². The van der Waals surface area contributed by atoms with E-state index in [-0.39, 0.29) is 0 Å². The van der Waals surface area contributed by atoms with Crippen LogP contribution >= 0.6 is 0 Å². The summed E-state index contributed by atoms with van der Waals surface area (Å²) in [6.07, 6.45) is 0. The van der Waals surface area contributed by atoms with Crippen LogP contribution < -0.4 is 0 Å². The van der Waals surface area contributed by atoms with Gasteiger partial charge >= 0.3 is 0 Å². The summed E-state index contributed by atoms with van der Waals surface area (Å²) in [4.78, 5) is 11.1. The van der Waals surface area contributed by atoms with E-state index in [1.807, 2.05) is 6.07 Å². The first kappa shape index (κ1) is 25.8. The quantitative estimate of drug-likeness (QED) is 0.195. The highest BCUT2D eigenvalue weighted by Gasteiger charge is 2.53. The average molecular weight is 610 g/mol. The standard InChI is InChI=1S/C45H27N3/c1-2-15-29(16-3-1)44-46-41(32-21-12-17-28-14-4-5-18-30(28)32)40-42(47-44)34-20-6-8-23-35(34)45(40)36-24-9-11-27-39(36)48-38-26-10-7-19-31(38)33-22-13-25-37(45)43(33)48/h1-27H. The van der Waals surface area contributed by atoms with Crippen LogP contribution in [0.15, 0.2) is 164 Å². The fourth-order valence-corrected chi connectivity index (χ4v) is 8.77. The molecule has 0 fully saturated rings. The summed E-state index contributed by atoms with van der Waals surface area (Å²) in [5, 5.41) is 4.90. The van der Waals surface area contributed by atoms with Crippen LogP contribution in [0.5, 0.6) is 0 Å². The molecule has 0 N–H and O–H groups in total. The lowest BCUT2D eigenvalue weighted by Gasteiger charge is -2.40. The number of para-hydroxylation sites is 3. The first-order valence-electron chi connectivity index (χ1n) is 16.5. The monoisotopic (exact) mass is 609 g/mol. The summed E-state index contributed by atoms with van der Waals surface area (Å²) in [5.41, 5.74) is 13.2. The van der Waals surface area contributed by atoms with Gasteiger partial charge in [0.2, 0.25) is 0 Å². The van der Waals surface area contributed by atoms with Gasteiger partial charge in [-0.15, -0.1) is 0 Å². The largest absolute Gasteiger partial charge is 0.309 e. The average Bonchev–Trinajstić information content (AvgIpc) is 3.65. The summed E-state index contributed by atoms with van der Waals surface area (Å²) in [6.45, 7) is 0. The lowest BCUT2D eigenvalue weighted by atomic mass is 9.64. The van der Waals surface area contributed by atoms with Crippen LogP contribution in [0.25, 0.3) is 72.2 Å². The van der Waals surface area contributed by atoms with Crippen LogP contribution in [0.4, 0.5) is 0 Å². The Balaban J connectivity index is 1.39. The molecule has 11 rings (SSSR count). The molecule has 0 saturated heterocycles.